The minimum absolute atomic E-state index is 0.0502. The molecule has 2 aromatic rings. The lowest BCUT2D eigenvalue weighted by Gasteiger charge is -2.59. The first kappa shape index (κ1) is 31.0. The van der Waals surface area contributed by atoms with E-state index in [0.29, 0.717) is 24.8 Å². The molecule has 2 fully saturated rings. The fourth-order valence-electron chi connectivity index (χ4n) is 9.64. The zero-order chi connectivity index (χ0) is 32.8. The van der Waals surface area contributed by atoms with E-state index in [1.54, 1.807) is 0 Å². The topological polar surface area (TPSA) is 151 Å². The maximum absolute atomic E-state index is 14.6. The predicted molar refractivity (Wildman–Crippen MR) is 165 cm³/mol. The zero-order valence-electron chi connectivity index (χ0n) is 26.3. The van der Waals surface area contributed by atoms with E-state index in [-0.39, 0.29) is 58.2 Å². The van der Waals surface area contributed by atoms with Crippen molar-refractivity contribution in [1.82, 2.24) is 0 Å². The van der Waals surface area contributed by atoms with Crippen molar-refractivity contribution >= 4 is 28.3 Å². The molecule has 4 aliphatic carbocycles. The summed E-state index contributed by atoms with van der Waals surface area (Å²) in [5.41, 5.74) is -2.10. The molecule has 7 atom stereocenters. The van der Waals surface area contributed by atoms with Gasteiger partial charge in [0, 0.05) is 42.5 Å². The number of aliphatic hydroxyl groups is 1. The molecule has 6 rings (SSSR count). The molecule has 0 spiro atoms. The Kier molecular flexibility index (Phi) is 7.08. The summed E-state index contributed by atoms with van der Waals surface area (Å²) in [7, 11) is 1.32. The number of ether oxygens (including phenoxy) is 1. The summed E-state index contributed by atoms with van der Waals surface area (Å²) in [5.74, 6) is -4.10. The maximum atomic E-state index is 14.6. The lowest BCUT2D eigenvalue weighted by atomic mass is 9.44. The highest BCUT2D eigenvalue weighted by molar-refractivity contribution is 6.14. The number of phenols is 2. The Labute approximate surface area is 261 Å². The molecular formula is C36H40O9. The van der Waals surface area contributed by atoms with Crippen LogP contribution in [-0.4, -0.2) is 45.9 Å². The number of Topliss-reactive ketones (excluding diaryl/α,β-unsaturated/α-hetero) is 2. The zero-order valence-corrected chi connectivity index (χ0v) is 26.3. The molecule has 0 radical (unpaired) electrons. The summed E-state index contributed by atoms with van der Waals surface area (Å²) in [6.07, 6.45) is 4.25. The molecule has 0 amide bonds. The second-order valence-corrected chi connectivity index (χ2v) is 14.5. The van der Waals surface area contributed by atoms with E-state index < -0.39 is 57.4 Å². The van der Waals surface area contributed by atoms with Gasteiger partial charge in [-0.25, -0.2) is 0 Å². The summed E-state index contributed by atoms with van der Waals surface area (Å²) < 4.78 is 11.6. The number of aliphatic hydroxyl groups excluding tert-OH is 1. The van der Waals surface area contributed by atoms with Crippen LogP contribution in [0.1, 0.15) is 65.6 Å². The first-order valence-corrected chi connectivity index (χ1v) is 15.5. The van der Waals surface area contributed by atoms with Crippen molar-refractivity contribution in [3.05, 3.63) is 69.8 Å². The van der Waals surface area contributed by atoms with Crippen molar-refractivity contribution in [2.75, 3.05) is 7.11 Å². The number of phenolic OH excluding ortho intramolecular Hbond substituents is 2. The lowest BCUT2D eigenvalue weighted by Crippen LogP contribution is -2.59. The first-order chi connectivity index (χ1) is 21.1. The van der Waals surface area contributed by atoms with Crippen LogP contribution in [0.4, 0.5) is 0 Å². The van der Waals surface area contributed by atoms with E-state index in [4.69, 9.17) is 9.15 Å². The van der Waals surface area contributed by atoms with Crippen LogP contribution in [0, 0.1) is 34.5 Å². The average molecular weight is 617 g/mol. The van der Waals surface area contributed by atoms with Gasteiger partial charge in [0.25, 0.3) is 0 Å². The first-order valence-electron chi connectivity index (χ1n) is 15.5. The summed E-state index contributed by atoms with van der Waals surface area (Å²) in [4.78, 5) is 55.6. The third-order valence-corrected chi connectivity index (χ3v) is 11.6. The molecule has 0 saturated heterocycles. The Morgan fingerprint density at radius 2 is 1.76 bits per heavy atom. The van der Waals surface area contributed by atoms with Gasteiger partial charge < -0.3 is 24.5 Å². The Hall–Kier alpha value is -3.98. The monoisotopic (exact) mass is 616 g/mol. The fraction of sp³-hybridized carbons (Fsp3) is 0.500. The molecule has 1 aromatic carbocycles. The van der Waals surface area contributed by atoms with Gasteiger partial charge in [0.05, 0.1) is 13.2 Å². The molecule has 7 unspecified atom stereocenters. The molecule has 9 heteroatoms. The van der Waals surface area contributed by atoms with E-state index in [1.165, 1.54) is 13.2 Å². The highest BCUT2D eigenvalue weighted by Crippen LogP contribution is 2.63. The van der Waals surface area contributed by atoms with Crippen LogP contribution >= 0.6 is 0 Å². The van der Waals surface area contributed by atoms with Crippen molar-refractivity contribution in [3.63, 3.8) is 0 Å². The van der Waals surface area contributed by atoms with Gasteiger partial charge in [-0.2, -0.15) is 0 Å². The molecule has 3 N–H and O–H groups in total. The van der Waals surface area contributed by atoms with Crippen molar-refractivity contribution < 1.29 is 38.9 Å². The standard InChI is InChI=1S/C36H40O9/c1-17-7-8-21-33(43)28(44-6)14-30(42)36(21,31-13-26(41)32-25(40)9-19(37)10-27(32)45-31)22(17)11-23-18(2)24(39)12-29-34(3,4)15-20(38)16-35(23,29)5/h7,9-10,13-14,20-23,29,37-38,40H,2,8,11-12,15-16H2,1,3-6H3. The van der Waals surface area contributed by atoms with Gasteiger partial charge in [-0.1, -0.05) is 39.0 Å². The van der Waals surface area contributed by atoms with Crippen LogP contribution in [0.25, 0.3) is 11.0 Å². The number of methoxy groups -OCH3 is 1. The number of benzene rings is 1. The number of rotatable bonds is 4. The third kappa shape index (κ3) is 4.37. The molecule has 45 heavy (non-hydrogen) atoms. The summed E-state index contributed by atoms with van der Waals surface area (Å²) in [6, 6.07) is 3.38. The largest absolute Gasteiger partial charge is 0.508 e. The lowest BCUT2D eigenvalue weighted by molar-refractivity contribution is -0.144. The van der Waals surface area contributed by atoms with Crippen molar-refractivity contribution in [2.45, 2.75) is 71.3 Å². The van der Waals surface area contributed by atoms with E-state index in [1.807, 2.05) is 13.0 Å². The number of hydrogen-bond acceptors (Lipinski definition) is 9. The molecule has 4 aliphatic rings. The Balaban J connectivity index is 1.60. The third-order valence-electron chi connectivity index (χ3n) is 11.6. The molecular weight excluding hydrogens is 576 g/mol. The molecule has 9 nitrogen and oxygen atoms in total. The molecule has 238 valence electrons. The van der Waals surface area contributed by atoms with Crippen LogP contribution < -0.4 is 5.43 Å². The van der Waals surface area contributed by atoms with Crippen LogP contribution in [0.15, 0.2) is 63.0 Å². The Morgan fingerprint density at radius 1 is 1.04 bits per heavy atom. The van der Waals surface area contributed by atoms with E-state index in [2.05, 4.69) is 27.4 Å². The van der Waals surface area contributed by atoms with E-state index in [0.717, 1.165) is 23.8 Å². The van der Waals surface area contributed by atoms with E-state index >= 15 is 0 Å². The summed E-state index contributed by atoms with van der Waals surface area (Å²) >= 11 is 0. The van der Waals surface area contributed by atoms with Crippen molar-refractivity contribution in [2.24, 2.45) is 34.5 Å². The van der Waals surface area contributed by atoms with Gasteiger partial charge in [0.15, 0.2) is 22.8 Å². The number of fused-ring (bicyclic) bond motifs is 3. The van der Waals surface area contributed by atoms with Gasteiger partial charge in [0.1, 0.15) is 33.6 Å². The number of hydrogen-bond donors (Lipinski definition) is 3. The molecule has 0 bridgehead atoms. The highest BCUT2D eigenvalue weighted by Gasteiger charge is 2.64. The number of carbonyl (C=O) groups is 3. The Morgan fingerprint density at radius 3 is 2.44 bits per heavy atom. The van der Waals surface area contributed by atoms with Crippen LogP contribution in [0.2, 0.25) is 0 Å². The molecule has 1 heterocycles. The second kappa shape index (κ2) is 10.3. The number of carbonyl (C=O) groups excluding carboxylic acids is 3. The molecule has 2 saturated carbocycles. The maximum Gasteiger partial charge on any atom is 0.202 e. The summed E-state index contributed by atoms with van der Waals surface area (Å²) in [5, 5.41) is 31.6. The highest BCUT2D eigenvalue weighted by atomic mass is 16.5. The fourth-order valence-corrected chi connectivity index (χ4v) is 9.64. The van der Waals surface area contributed by atoms with Crippen LogP contribution in [0.5, 0.6) is 11.5 Å². The number of allylic oxidation sites excluding steroid dienone is 5. The quantitative estimate of drug-likeness (QED) is 0.317. The minimum Gasteiger partial charge on any atom is -0.508 e. The van der Waals surface area contributed by atoms with Gasteiger partial charge in [0.2, 0.25) is 5.78 Å². The van der Waals surface area contributed by atoms with Gasteiger partial charge in [-0.05, 0) is 60.8 Å². The van der Waals surface area contributed by atoms with Crippen molar-refractivity contribution in [3.8, 4) is 11.5 Å². The number of ketones is 3. The average Bonchev–Trinajstić information content (AvgIpc) is 2.93. The van der Waals surface area contributed by atoms with Gasteiger partial charge in [-0.3, -0.25) is 19.2 Å². The normalized spacial score (nSPS) is 34.6. The van der Waals surface area contributed by atoms with Gasteiger partial charge >= 0.3 is 0 Å². The molecule has 1 aromatic heterocycles. The van der Waals surface area contributed by atoms with Crippen molar-refractivity contribution in [1.29, 1.82) is 0 Å². The predicted octanol–water partition coefficient (Wildman–Crippen LogP) is 5.05. The van der Waals surface area contributed by atoms with Gasteiger partial charge in [-0.15, -0.1) is 0 Å². The van der Waals surface area contributed by atoms with E-state index in [9.17, 15) is 34.5 Å². The number of aromatic hydroxyl groups is 2. The van der Waals surface area contributed by atoms with Crippen LogP contribution in [0.3, 0.4) is 0 Å². The Bertz CT molecular complexity index is 1790. The summed E-state index contributed by atoms with van der Waals surface area (Å²) in [6.45, 7) is 12.4. The smallest absolute Gasteiger partial charge is 0.202 e. The SMILES string of the molecule is C=C1C(=O)CC2C(C)(C)CC(O)CC2(C)C1CC1C(C)=CCC2C(=O)C(OC)=CC(=O)C21c1cc(=O)c2c(O)cc(O)cc2o1. The second-order valence-electron chi connectivity index (χ2n) is 14.5. The van der Waals surface area contributed by atoms with Crippen LogP contribution in [-0.2, 0) is 24.5 Å². The minimum atomic E-state index is -1.69. The molecule has 0 aliphatic heterocycles.